The van der Waals surface area contributed by atoms with Crippen molar-refractivity contribution < 1.29 is 17.0 Å². The highest BCUT2D eigenvalue weighted by molar-refractivity contribution is 6.14. The van der Waals surface area contributed by atoms with Gasteiger partial charge in [0.25, 0.3) is 0 Å². The van der Waals surface area contributed by atoms with Gasteiger partial charge in [-0.3, -0.25) is 0 Å². The Morgan fingerprint density at radius 3 is 2.20 bits per heavy atom. The van der Waals surface area contributed by atoms with Crippen LogP contribution in [0.5, 0.6) is 0 Å². The predicted molar refractivity (Wildman–Crippen MR) is 80.1 cm³/mol. The average Bonchev–Trinajstić information content (AvgIpc) is 2.47. The second kappa shape index (κ2) is 4.77. The summed E-state index contributed by atoms with van der Waals surface area (Å²) in [5.41, 5.74) is 1.27. The number of hydrogen-bond acceptors (Lipinski definition) is 0. The molecule has 0 radical (unpaired) electrons. The number of hydrogen-bond donors (Lipinski definition) is 0. The molecule has 0 unspecified atom stereocenters. The van der Waals surface area contributed by atoms with Crippen molar-refractivity contribution in [2.45, 2.75) is 0 Å². The van der Waals surface area contributed by atoms with Crippen molar-refractivity contribution in [1.29, 1.82) is 0 Å². The Labute approximate surface area is 123 Å². The van der Waals surface area contributed by atoms with Crippen LogP contribution in [0.3, 0.4) is 0 Å². The highest BCUT2D eigenvalue weighted by Crippen LogP contribution is 2.28. The Hall–Kier alpha value is -2.12. The molecule has 0 N–H and O–H groups in total. The minimum absolute atomic E-state index is 0. The highest BCUT2D eigenvalue weighted by Gasteiger charge is 2.11. The Kier molecular flexibility index (Phi) is 3.07. The SMILES string of the molecule is C[n+]1cc2c3ccccc3ccc2c2ccccc21.[Cl-]. The summed E-state index contributed by atoms with van der Waals surface area (Å²) in [7, 11) is 2.11. The summed E-state index contributed by atoms with van der Waals surface area (Å²) in [5.74, 6) is 0. The van der Waals surface area contributed by atoms with Crippen LogP contribution in [0.2, 0.25) is 0 Å². The van der Waals surface area contributed by atoms with Crippen LogP contribution in [-0.4, -0.2) is 0 Å². The van der Waals surface area contributed by atoms with Crippen LogP contribution in [0, 0.1) is 0 Å². The number of para-hydroxylation sites is 1. The molecular formula is C18H14ClN. The zero-order valence-corrected chi connectivity index (χ0v) is 11.9. The third-order valence-electron chi connectivity index (χ3n) is 3.87. The number of pyridine rings is 1. The summed E-state index contributed by atoms with van der Waals surface area (Å²) in [6, 6.07) is 21.6. The van der Waals surface area contributed by atoms with E-state index in [1.54, 1.807) is 0 Å². The molecule has 98 valence electrons. The van der Waals surface area contributed by atoms with E-state index in [0.717, 1.165) is 0 Å². The molecule has 20 heavy (non-hydrogen) atoms. The largest absolute Gasteiger partial charge is 1.00 e. The van der Waals surface area contributed by atoms with E-state index in [-0.39, 0.29) is 12.4 Å². The zero-order valence-electron chi connectivity index (χ0n) is 11.2. The van der Waals surface area contributed by atoms with Crippen molar-refractivity contribution in [2.24, 2.45) is 7.05 Å². The molecule has 0 bridgehead atoms. The van der Waals surface area contributed by atoms with Gasteiger partial charge in [0.15, 0.2) is 6.20 Å². The molecule has 0 fully saturated rings. The van der Waals surface area contributed by atoms with Gasteiger partial charge in [-0.15, -0.1) is 0 Å². The van der Waals surface area contributed by atoms with Gasteiger partial charge in [-0.1, -0.05) is 48.5 Å². The monoisotopic (exact) mass is 279 g/mol. The lowest BCUT2D eigenvalue weighted by atomic mass is 10.0. The molecule has 1 nitrogen and oxygen atoms in total. The summed E-state index contributed by atoms with van der Waals surface area (Å²) in [6.07, 6.45) is 2.24. The van der Waals surface area contributed by atoms with Crippen molar-refractivity contribution in [3.05, 3.63) is 66.9 Å². The van der Waals surface area contributed by atoms with Crippen molar-refractivity contribution in [2.75, 3.05) is 0 Å². The number of aromatic nitrogens is 1. The first-order chi connectivity index (χ1) is 9.34. The molecule has 0 aliphatic carbocycles. The molecule has 4 aromatic rings. The number of halogens is 1. The summed E-state index contributed by atoms with van der Waals surface area (Å²) in [4.78, 5) is 0. The third kappa shape index (κ3) is 1.75. The van der Waals surface area contributed by atoms with Crippen LogP contribution in [0.25, 0.3) is 32.4 Å². The van der Waals surface area contributed by atoms with Gasteiger partial charge in [-0.05, 0) is 16.8 Å². The fraction of sp³-hybridized carbons (Fsp3) is 0.0556. The van der Waals surface area contributed by atoms with Gasteiger partial charge >= 0.3 is 0 Å². The Morgan fingerprint density at radius 1 is 0.650 bits per heavy atom. The topological polar surface area (TPSA) is 3.88 Å². The van der Waals surface area contributed by atoms with Gasteiger partial charge in [0, 0.05) is 11.5 Å². The normalized spacial score (nSPS) is 10.8. The summed E-state index contributed by atoms with van der Waals surface area (Å²) in [5, 5.41) is 6.58. The molecule has 0 spiro atoms. The second-order valence-electron chi connectivity index (χ2n) is 5.01. The molecule has 1 heterocycles. The summed E-state index contributed by atoms with van der Waals surface area (Å²) < 4.78 is 2.21. The first-order valence-corrected chi connectivity index (χ1v) is 6.53. The molecule has 1 aromatic heterocycles. The van der Waals surface area contributed by atoms with Gasteiger partial charge in [0.2, 0.25) is 5.52 Å². The summed E-state index contributed by atoms with van der Waals surface area (Å²) >= 11 is 0. The molecule has 0 saturated carbocycles. The smallest absolute Gasteiger partial charge is 0.212 e. The highest BCUT2D eigenvalue weighted by atomic mass is 35.5. The first-order valence-electron chi connectivity index (χ1n) is 6.53. The maximum atomic E-state index is 2.24. The molecule has 0 aliphatic rings. The molecule has 4 rings (SSSR count). The van der Waals surface area contributed by atoms with Gasteiger partial charge in [0.1, 0.15) is 7.05 Å². The first kappa shape index (κ1) is 12.9. The van der Waals surface area contributed by atoms with Crippen LogP contribution >= 0.6 is 0 Å². The van der Waals surface area contributed by atoms with Gasteiger partial charge in [-0.25, -0.2) is 4.57 Å². The maximum Gasteiger partial charge on any atom is 0.212 e. The molecule has 3 aromatic carbocycles. The van der Waals surface area contributed by atoms with Crippen LogP contribution in [-0.2, 0) is 7.05 Å². The molecule has 0 saturated heterocycles. The van der Waals surface area contributed by atoms with E-state index in [0.29, 0.717) is 0 Å². The second-order valence-corrected chi connectivity index (χ2v) is 5.01. The van der Waals surface area contributed by atoms with Crippen molar-refractivity contribution in [1.82, 2.24) is 0 Å². The van der Waals surface area contributed by atoms with Gasteiger partial charge in [0.05, 0.1) is 10.8 Å². The van der Waals surface area contributed by atoms with Crippen LogP contribution < -0.4 is 17.0 Å². The number of benzene rings is 3. The molecular weight excluding hydrogens is 266 g/mol. The van der Waals surface area contributed by atoms with E-state index in [4.69, 9.17) is 0 Å². The minimum Gasteiger partial charge on any atom is -1.00 e. The number of rotatable bonds is 0. The third-order valence-corrected chi connectivity index (χ3v) is 3.87. The predicted octanol–water partition coefficient (Wildman–Crippen LogP) is 0.975. The number of fused-ring (bicyclic) bond motifs is 5. The average molecular weight is 280 g/mol. The fourth-order valence-electron chi connectivity index (χ4n) is 2.94. The van der Waals surface area contributed by atoms with Crippen molar-refractivity contribution in [3.63, 3.8) is 0 Å². The zero-order chi connectivity index (χ0) is 12.8. The lowest BCUT2D eigenvalue weighted by molar-refractivity contribution is -0.643. The molecule has 0 atom stereocenters. The van der Waals surface area contributed by atoms with E-state index < -0.39 is 0 Å². The van der Waals surface area contributed by atoms with Crippen LogP contribution in [0.4, 0.5) is 0 Å². The summed E-state index contributed by atoms with van der Waals surface area (Å²) in [6.45, 7) is 0. The number of aryl methyl sites for hydroxylation is 1. The molecule has 0 aliphatic heterocycles. The molecule has 0 amide bonds. The lowest BCUT2D eigenvalue weighted by Crippen LogP contribution is -3.00. The van der Waals surface area contributed by atoms with E-state index in [2.05, 4.69) is 78.5 Å². The minimum atomic E-state index is 0. The molecule has 2 heteroatoms. The van der Waals surface area contributed by atoms with Crippen LogP contribution in [0.15, 0.2) is 66.9 Å². The van der Waals surface area contributed by atoms with Crippen LogP contribution in [0.1, 0.15) is 0 Å². The Balaban J connectivity index is 0.00000121. The van der Waals surface area contributed by atoms with E-state index in [1.165, 1.54) is 32.4 Å². The quantitative estimate of drug-likeness (QED) is 0.334. The van der Waals surface area contributed by atoms with E-state index in [9.17, 15) is 0 Å². The van der Waals surface area contributed by atoms with Gasteiger partial charge in [-0.2, -0.15) is 0 Å². The van der Waals surface area contributed by atoms with Crippen molar-refractivity contribution in [3.8, 4) is 0 Å². The van der Waals surface area contributed by atoms with Crippen molar-refractivity contribution >= 4 is 32.4 Å². The standard InChI is InChI=1S/C18H14N.ClH/c1-19-12-17-14-7-3-2-6-13(14)10-11-15(17)16-8-4-5-9-18(16)19;/h2-12H,1H3;1H/q+1;/p-1. The van der Waals surface area contributed by atoms with Gasteiger partial charge < -0.3 is 12.4 Å². The maximum absolute atomic E-state index is 2.24. The fourth-order valence-corrected chi connectivity index (χ4v) is 2.94. The van der Waals surface area contributed by atoms with E-state index in [1.807, 2.05) is 0 Å². The Morgan fingerprint density at radius 2 is 1.35 bits per heavy atom. The van der Waals surface area contributed by atoms with E-state index >= 15 is 0 Å². The number of nitrogens with zero attached hydrogens (tertiary/aromatic N) is 1. The lowest BCUT2D eigenvalue weighted by Gasteiger charge is -2.05. The Bertz CT molecular complexity index is 928.